The summed E-state index contributed by atoms with van der Waals surface area (Å²) in [7, 11) is 0. The van der Waals surface area contributed by atoms with Crippen LogP contribution >= 0.6 is 0 Å². The van der Waals surface area contributed by atoms with Gasteiger partial charge >= 0.3 is 0 Å². The predicted octanol–water partition coefficient (Wildman–Crippen LogP) is 1.73. The van der Waals surface area contributed by atoms with Crippen LogP contribution < -0.4 is 5.73 Å². The molecular weight excluding hydrogens is 114 g/mol. The van der Waals surface area contributed by atoms with Crippen LogP contribution in [0.4, 0.5) is 5.88 Å². The maximum atomic E-state index is 5.39. The second kappa shape index (κ2) is 2.13. The molecule has 0 saturated heterocycles. The molecule has 0 saturated carbocycles. The largest absolute Gasteiger partial charge is 0.446 e. The van der Waals surface area contributed by atoms with Crippen LogP contribution in [0.2, 0.25) is 0 Å². The first kappa shape index (κ1) is 6.20. The summed E-state index contributed by atoms with van der Waals surface area (Å²) >= 11 is 0. The fourth-order valence-corrected chi connectivity index (χ4v) is 0.897. The van der Waals surface area contributed by atoms with Gasteiger partial charge in [0.2, 0.25) is 0 Å². The Bertz CT molecular complexity index is 203. The van der Waals surface area contributed by atoms with Gasteiger partial charge in [-0.05, 0) is 12.5 Å². The van der Waals surface area contributed by atoms with Gasteiger partial charge in [0, 0.05) is 12.5 Å². The van der Waals surface area contributed by atoms with E-state index in [2.05, 4.69) is 0 Å². The van der Waals surface area contributed by atoms with Gasteiger partial charge in [0.15, 0.2) is 5.88 Å². The summed E-state index contributed by atoms with van der Waals surface area (Å²) in [6.07, 6.45) is 0.920. The van der Waals surface area contributed by atoms with Crippen molar-refractivity contribution in [3.8, 4) is 0 Å². The number of hydrogen-bond acceptors (Lipinski definition) is 2. The molecule has 1 aromatic heterocycles. The molecule has 0 unspecified atom stereocenters. The van der Waals surface area contributed by atoms with Gasteiger partial charge in [-0.15, -0.1) is 0 Å². The van der Waals surface area contributed by atoms with Crippen molar-refractivity contribution in [1.29, 1.82) is 0 Å². The van der Waals surface area contributed by atoms with E-state index >= 15 is 0 Å². The fourth-order valence-electron chi connectivity index (χ4n) is 0.897. The molecule has 1 heterocycles. The van der Waals surface area contributed by atoms with Gasteiger partial charge in [0.1, 0.15) is 5.76 Å². The average molecular weight is 125 g/mol. The van der Waals surface area contributed by atoms with Crippen LogP contribution in [0.25, 0.3) is 0 Å². The molecule has 1 aromatic rings. The zero-order valence-electron chi connectivity index (χ0n) is 5.77. The van der Waals surface area contributed by atoms with Crippen LogP contribution in [0.5, 0.6) is 0 Å². The van der Waals surface area contributed by atoms with Crippen LogP contribution in [-0.4, -0.2) is 0 Å². The molecule has 50 valence electrons. The molecule has 0 fully saturated rings. The van der Waals surface area contributed by atoms with E-state index < -0.39 is 0 Å². The van der Waals surface area contributed by atoms with Gasteiger partial charge in [0.05, 0.1) is 0 Å². The molecule has 0 aliphatic rings. The topological polar surface area (TPSA) is 39.2 Å². The molecule has 0 atom stereocenters. The predicted molar refractivity (Wildman–Crippen MR) is 37.2 cm³/mol. The number of furan rings is 1. The van der Waals surface area contributed by atoms with Gasteiger partial charge < -0.3 is 10.2 Å². The Hall–Kier alpha value is -0.920. The average Bonchev–Trinajstić information content (AvgIpc) is 2.10. The molecule has 2 heteroatoms. The summed E-state index contributed by atoms with van der Waals surface area (Å²) < 4.78 is 5.14. The highest BCUT2D eigenvalue weighted by Crippen LogP contribution is 2.15. The number of nitrogens with two attached hydrogens (primary N) is 1. The molecule has 0 radical (unpaired) electrons. The summed E-state index contributed by atoms with van der Waals surface area (Å²) in [4.78, 5) is 0. The van der Waals surface area contributed by atoms with Crippen molar-refractivity contribution >= 4 is 5.88 Å². The molecule has 2 N–H and O–H groups in total. The summed E-state index contributed by atoms with van der Waals surface area (Å²) in [5, 5.41) is 0. The molecule has 9 heavy (non-hydrogen) atoms. The molecule has 0 spiro atoms. The highest BCUT2D eigenvalue weighted by Gasteiger charge is 2.00. The first-order valence-corrected chi connectivity index (χ1v) is 3.08. The molecular formula is C7H11NO. The van der Waals surface area contributed by atoms with E-state index in [9.17, 15) is 0 Å². The standard InChI is InChI=1S/C7H11NO/c1-3-6-5(2)4-7(8)9-6/h4H,3,8H2,1-2H3. The van der Waals surface area contributed by atoms with Crippen molar-refractivity contribution < 1.29 is 4.42 Å². The van der Waals surface area contributed by atoms with Crippen molar-refractivity contribution in [2.75, 3.05) is 5.73 Å². The van der Waals surface area contributed by atoms with Gasteiger partial charge in [-0.1, -0.05) is 6.92 Å². The Morgan fingerprint density at radius 1 is 1.67 bits per heavy atom. The lowest BCUT2D eigenvalue weighted by molar-refractivity contribution is 0.531. The maximum absolute atomic E-state index is 5.39. The number of nitrogen functional groups attached to an aromatic ring is 1. The van der Waals surface area contributed by atoms with Crippen LogP contribution in [0.3, 0.4) is 0 Å². The van der Waals surface area contributed by atoms with E-state index in [1.807, 2.05) is 19.9 Å². The molecule has 0 aliphatic carbocycles. The summed E-state index contributed by atoms with van der Waals surface area (Å²) in [6.45, 7) is 4.05. The zero-order chi connectivity index (χ0) is 6.85. The Labute approximate surface area is 54.7 Å². The van der Waals surface area contributed by atoms with Crippen molar-refractivity contribution in [3.63, 3.8) is 0 Å². The Morgan fingerprint density at radius 2 is 2.33 bits per heavy atom. The lowest BCUT2D eigenvalue weighted by Crippen LogP contribution is -1.77. The first-order chi connectivity index (χ1) is 4.24. The van der Waals surface area contributed by atoms with Crippen molar-refractivity contribution in [2.24, 2.45) is 0 Å². The number of hydrogen-bond donors (Lipinski definition) is 1. The lowest BCUT2D eigenvalue weighted by Gasteiger charge is -1.87. The third kappa shape index (κ3) is 1.07. The van der Waals surface area contributed by atoms with Crippen LogP contribution in [0.15, 0.2) is 10.5 Å². The Morgan fingerprint density at radius 3 is 2.56 bits per heavy atom. The van der Waals surface area contributed by atoms with E-state index in [0.29, 0.717) is 5.88 Å². The first-order valence-electron chi connectivity index (χ1n) is 3.08. The number of aryl methyl sites for hydroxylation is 2. The number of anilines is 1. The van der Waals surface area contributed by atoms with E-state index in [1.54, 1.807) is 0 Å². The highest BCUT2D eigenvalue weighted by molar-refractivity contribution is 5.32. The van der Waals surface area contributed by atoms with Crippen molar-refractivity contribution in [3.05, 3.63) is 17.4 Å². The molecule has 2 nitrogen and oxygen atoms in total. The third-order valence-corrected chi connectivity index (χ3v) is 1.36. The van der Waals surface area contributed by atoms with E-state index in [0.717, 1.165) is 17.7 Å². The van der Waals surface area contributed by atoms with Gasteiger partial charge in [-0.2, -0.15) is 0 Å². The van der Waals surface area contributed by atoms with Crippen LogP contribution in [0.1, 0.15) is 18.2 Å². The second-order valence-electron chi connectivity index (χ2n) is 2.11. The van der Waals surface area contributed by atoms with Crippen molar-refractivity contribution in [2.45, 2.75) is 20.3 Å². The monoisotopic (exact) mass is 125 g/mol. The van der Waals surface area contributed by atoms with Crippen LogP contribution in [-0.2, 0) is 6.42 Å². The lowest BCUT2D eigenvalue weighted by atomic mass is 10.2. The smallest absolute Gasteiger partial charge is 0.190 e. The van der Waals surface area contributed by atoms with Gasteiger partial charge in [-0.25, -0.2) is 0 Å². The molecule has 0 bridgehead atoms. The van der Waals surface area contributed by atoms with Gasteiger partial charge in [-0.3, -0.25) is 0 Å². The highest BCUT2D eigenvalue weighted by atomic mass is 16.4. The Balaban J connectivity index is 3.01. The zero-order valence-corrected chi connectivity index (χ0v) is 5.77. The van der Waals surface area contributed by atoms with Gasteiger partial charge in [0.25, 0.3) is 0 Å². The molecule has 1 rings (SSSR count). The third-order valence-electron chi connectivity index (χ3n) is 1.36. The van der Waals surface area contributed by atoms with E-state index in [1.165, 1.54) is 0 Å². The molecule has 0 aromatic carbocycles. The number of rotatable bonds is 1. The molecule has 0 amide bonds. The second-order valence-corrected chi connectivity index (χ2v) is 2.11. The summed E-state index contributed by atoms with van der Waals surface area (Å²) in [6, 6.07) is 1.85. The SMILES string of the molecule is CCc1oc(N)cc1C. The minimum atomic E-state index is 0.518. The normalized spacial score (nSPS) is 10.0. The van der Waals surface area contributed by atoms with E-state index in [-0.39, 0.29) is 0 Å². The minimum absolute atomic E-state index is 0.518. The maximum Gasteiger partial charge on any atom is 0.190 e. The van der Waals surface area contributed by atoms with E-state index in [4.69, 9.17) is 10.2 Å². The molecule has 0 aliphatic heterocycles. The van der Waals surface area contributed by atoms with Crippen molar-refractivity contribution in [1.82, 2.24) is 0 Å². The fraction of sp³-hybridized carbons (Fsp3) is 0.429. The quantitative estimate of drug-likeness (QED) is 0.620. The Kier molecular flexibility index (Phi) is 1.47. The summed E-state index contributed by atoms with van der Waals surface area (Å²) in [5.74, 6) is 1.51. The summed E-state index contributed by atoms with van der Waals surface area (Å²) in [5.41, 5.74) is 6.54. The van der Waals surface area contributed by atoms with Crippen LogP contribution in [0, 0.1) is 6.92 Å². The minimum Gasteiger partial charge on any atom is -0.446 e.